The topological polar surface area (TPSA) is 58.4 Å². The zero-order chi connectivity index (χ0) is 19.1. The Morgan fingerprint density at radius 1 is 1.03 bits per heavy atom. The number of nitrogens with zero attached hydrogens (tertiary/aromatic N) is 1. The van der Waals surface area contributed by atoms with Crippen LogP contribution in [-0.4, -0.2) is 30.4 Å². The first kappa shape index (κ1) is 25.4. The number of piperidine rings is 1. The predicted octanol–water partition coefficient (Wildman–Crippen LogP) is 4.19. The van der Waals surface area contributed by atoms with Crippen molar-refractivity contribution in [3.05, 3.63) is 71.8 Å². The fraction of sp³-hybridized carbons (Fsp3) is 0.435. The van der Waals surface area contributed by atoms with Crippen LogP contribution in [0.2, 0.25) is 0 Å². The third kappa shape index (κ3) is 7.63. The van der Waals surface area contributed by atoms with Gasteiger partial charge < -0.3 is 11.1 Å². The zero-order valence-corrected chi connectivity index (χ0v) is 18.6. The van der Waals surface area contributed by atoms with E-state index in [2.05, 4.69) is 40.5 Å². The van der Waals surface area contributed by atoms with E-state index in [9.17, 15) is 4.79 Å². The summed E-state index contributed by atoms with van der Waals surface area (Å²) in [5.74, 6) is 0.379. The van der Waals surface area contributed by atoms with Crippen molar-refractivity contribution < 1.29 is 4.79 Å². The van der Waals surface area contributed by atoms with Gasteiger partial charge in [-0.15, -0.1) is 24.8 Å². The number of amides is 1. The molecule has 2 atom stereocenters. The molecular weight excluding hydrogens is 405 g/mol. The lowest BCUT2D eigenvalue weighted by atomic mass is 9.93. The first-order valence-corrected chi connectivity index (χ1v) is 9.98. The van der Waals surface area contributed by atoms with Crippen LogP contribution < -0.4 is 11.1 Å². The molecule has 1 aliphatic rings. The van der Waals surface area contributed by atoms with Gasteiger partial charge in [0.1, 0.15) is 0 Å². The molecule has 1 amide bonds. The van der Waals surface area contributed by atoms with Gasteiger partial charge in [-0.25, -0.2) is 0 Å². The van der Waals surface area contributed by atoms with E-state index in [1.807, 2.05) is 37.3 Å². The summed E-state index contributed by atoms with van der Waals surface area (Å²) >= 11 is 0. The Kier molecular flexibility index (Phi) is 11.3. The summed E-state index contributed by atoms with van der Waals surface area (Å²) in [6.07, 6.45) is 2.26. The molecule has 0 saturated carbocycles. The van der Waals surface area contributed by atoms with E-state index in [1.54, 1.807) is 0 Å². The maximum absolute atomic E-state index is 12.5. The van der Waals surface area contributed by atoms with E-state index in [0.717, 1.165) is 44.6 Å². The second-order valence-electron chi connectivity index (χ2n) is 7.68. The van der Waals surface area contributed by atoms with E-state index in [4.69, 9.17) is 5.73 Å². The maximum Gasteiger partial charge on any atom is 0.224 e. The fourth-order valence-electron chi connectivity index (χ4n) is 3.72. The third-order valence-electron chi connectivity index (χ3n) is 5.66. The van der Waals surface area contributed by atoms with Crippen molar-refractivity contribution in [1.82, 2.24) is 10.2 Å². The molecule has 1 saturated heterocycles. The predicted molar refractivity (Wildman–Crippen MR) is 124 cm³/mol. The van der Waals surface area contributed by atoms with Gasteiger partial charge in [-0.2, -0.15) is 0 Å². The van der Waals surface area contributed by atoms with Crippen LogP contribution in [0.25, 0.3) is 0 Å². The van der Waals surface area contributed by atoms with Crippen LogP contribution in [0.5, 0.6) is 0 Å². The van der Waals surface area contributed by atoms with E-state index >= 15 is 0 Å². The summed E-state index contributed by atoms with van der Waals surface area (Å²) in [5.41, 5.74) is 8.65. The van der Waals surface area contributed by atoms with E-state index in [0.29, 0.717) is 5.92 Å². The van der Waals surface area contributed by atoms with Gasteiger partial charge >= 0.3 is 0 Å². The Morgan fingerprint density at radius 3 is 2.17 bits per heavy atom. The Morgan fingerprint density at radius 2 is 1.59 bits per heavy atom. The van der Waals surface area contributed by atoms with Crippen LogP contribution in [-0.2, 0) is 11.3 Å². The standard InChI is InChI=1S/C23H31N3O.2ClH/c1-18(22(24)21-10-6-3-7-11-21)23(27)25-16-19-12-14-26(15-13-19)17-20-8-4-2-5-9-20;;/h2-11,18-19,22H,12-17,24H2,1H3,(H,25,27);2*1H. The molecule has 6 heteroatoms. The van der Waals surface area contributed by atoms with Crippen molar-refractivity contribution in [2.24, 2.45) is 17.6 Å². The summed E-state index contributed by atoms with van der Waals surface area (Å²) in [4.78, 5) is 15.0. The van der Waals surface area contributed by atoms with Gasteiger partial charge in [-0.05, 0) is 43.0 Å². The molecule has 1 fully saturated rings. The molecule has 0 aromatic heterocycles. The van der Waals surface area contributed by atoms with Crippen molar-refractivity contribution in [3.8, 4) is 0 Å². The van der Waals surface area contributed by atoms with Gasteiger partial charge in [0.05, 0.1) is 5.92 Å². The van der Waals surface area contributed by atoms with Gasteiger partial charge in [-0.3, -0.25) is 9.69 Å². The second-order valence-corrected chi connectivity index (χ2v) is 7.68. The number of nitrogens with two attached hydrogens (primary N) is 1. The molecule has 0 spiro atoms. The number of carbonyl (C=O) groups excluding carboxylic acids is 1. The zero-order valence-electron chi connectivity index (χ0n) is 17.0. The summed E-state index contributed by atoms with van der Waals surface area (Å²) in [5, 5.41) is 3.13. The lowest BCUT2D eigenvalue weighted by Gasteiger charge is -2.32. The lowest BCUT2D eigenvalue weighted by Crippen LogP contribution is -2.41. The molecule has 4 nitrogen and oxygen atoms in total. The van der Waals surface area contributed by atoms with E-state index in [1.165, 1.54) is 5.56 Å². The van der Waals surface area contributed by atoms with Crippen LogP contribution in [0.1, 0.15) is 36.9 Å². The second kappa shape index (κ2) is 12.9. The van der Waals surface area contributed by atoms with Gasteiger partial charge in [-0.1, -0.05) is 67.6 Å². The first-order chi connectivity index (χ1) is 13.1. The Bertz CT molecular complexity index is 707. The minimum Gasteiger partial charge on any atom is -0.356 e. The number of hydrogen-bond acceptors (Lipinski definition) is 3. The molecular formula is C23H33Cl2N3O. The van der Waals surface area contributed by atoms with E-state index in [-0.39, 0.29) is 42.7 Å². The Labute approximate surface area is 187 Å². The SMILES string of the molecule is CC(C(=O)NCC1CCN(Cc2ccccc2)CC1)C(N)c1ccccc1.Cl.Cl. The lowest BCUT2D eigenvalue weighted by molar-refractivity contribution is -0.125. The number of carbonyl (C=O) groups is 1. The maximum atomic E-state index is 12.5. The number of rotatable bonds is 7. The largest absolute Gasteiger partial charge is 0.356 e. The summed E-state index contributed by atoms with van der Waals surface area (Å²) in [7, 11) is 0. The van der Waals surface area contributed by atoms with Crippen LogP contribution in [0.4, 0.5) is 0 Å². The number of hydrogen-bond donors (Lipinski definition) is 2. The molecule has 2 aromatic rings. The Balaban J connectivity index is 0.00000210. The van der Waals surface area contributed by atoms with Crippen molar-refractivity contribution in [3.63, 3.8) is 0 Å². The molecule has 2 unspecified atom stereocenters. The van der Waals surface area contributed by atoms with Crippen LogP contribution >= 0.6 is 24.8 Å². The number of likely N-dealkylation sites (tertiary alicyclic amines) is 1. The van der Waals surface area contributed by atoms with Crippen molar-refractivity contribution in [2.45, 2.75) is 32.4 Å². The molecule has 3 rings (SSSR count). The molecule has 0 radical (unpaired) electrons. The molecule has 2 aromatic carbocycles. The van der Waals surface area contributed by atoms with Crippen LogP contribution in [0, 0.1) is 11.8 Å². The highest BCUT2D eigenvalue weighted by Crippen LogP contribution is 2.21. The number of benzene rings is 2. The van der Waals surface area contributed by atoms with Crippen LogP contribution in [0.15, 0.2) is 60.7 Å². The summed E-state index contributed by atoms with van der Waals surface area (Å²) in [6.45, 7) is 5.87. The van der Waals surface area contributed by atoms with E-state index < -0.39 is 0 Å². The highest BCUT2D eigenvalue weighted by molar-refractivity contribution is 5.85. The third-order valence-corrected chi connectivity index (χ3v) is 5.66. The molecule has 0 bridgehead atoms. The normalized spacial score (nSPS) is 16.8. The minimum atomic E-state index is -0.265. The summed E-state index contributed by atoms with van der Waals surface area (Å²) in [6, 6.07) is 20.2. The number of halogens is 2. The van der Waals surface area contributed by atoms with Crippen molar-refractivity contribution in [2.75, 3.05) is 19.6 Å². The Hall–Kier alpha value is -1.59. The average Bonchev–Trinajstić information content (AvgIpc) is 2.73. The first-order valence-electron chi connectivity index (χ1n) is 9.98. The highest BCUT2D eigenvalue weighted by atomic mass is 35.5. The highest BCUT2D eigenvalue weighted by Gasteiger charge is 2.24. The molecule has 1 aliphatic heterocycles. The van der Waals surface area contributed by atoms with Gasteiger partial charge in [0, 0.05) is 19.1 Å². The van der Waals surface area contributed by atoms with Crippen LogP contribution in [0.3, 0.4) is 0 Å². The quantitative estimate of drug-likeness (QED) is 0.682. The molecule has 1 heterocycles. The molecule has 160 valence electrons. The fourth-order valence-corrected chi connectivity index (χ4v) is 3.72. The molecule has 0 aliphatic carbocycles. The number of nitrogens with one attached hydrogen (secondary N) is 1. The van der Waals surface area contributed by atoms with Gasteiger partial charge in [0.15, 0.2) is 0 Å². The smallest absolute Gasteiger partial charge is 0.224 e. The van der Waals surface area contributed by atoms with Gasteiger partial charge in [0.2, 0.25) is 5.91 Å². The minimum absolute atomic E-state index is 0. The summed E-state index contributed by atoms with van der Waals surface area (Å²) < 4.78 is 0. The molecule has 29 heavy (non-hydrogen) atoms. The van der Waals surface area contributed by atoms with Crippen molar-refractivity contribution >= 4 is 30.7 Å². The monoisotopic (exact) mass is 437 g/mol. The average molecular weight is 438 g/mol. The van der Waals surface area contributed by atoms with Gasteiger partial charge in [0.25, 0.3) is 0 Å². The molecule has 3 N–H and O–H groups in total. The van der Waals surface area contributed by atoms with Crippen molar-refractivity contribution in [1.29, 1.82) is 0 Å².